The van der Waals surface area contributed by atoms with Crippen molar-refractivity contribution in [1.82, 2.24) is 15.1 Å². The minimum absolute atomic E-state index is 0.0131. The third kappa shape index (κ3) is 5.03. The van der Waals surface area contributed by atoms with Gasteiger partial charge in [0.25, 0.3) is 0 Å². The Kier molecular flexibility index (Phi) is 7.53. The van der Waals surface area contributed by atoms with E-state index < -0.39 is 0 Å². The highest BCUT2D eigenvalue weighted by atomic mass is 16.5. The number of hydrogen-bond donors (Lipinski definition) is 1. The van der Waals surface area contributed by atoms with Crippen LogP contribution < -0.4 is 5.32 Å². The maximum atomic E-state index is 12.7. The SMILES string of the molecule is COCCCNC(=O)CCN1C[C@]2(CC[C@](c3ccccc3)(N(C)C)CC2)CC1=O. The van der Waals surface area contributed by atoms with Gasteiger partial charge in [-0.2, -0.15) is 0 Å². The topological polar surface area (TPSA) is 61.9 Å². The number of benzene rings is 1. The van der Waals surface area contributed by atoms with Crippen molar-refractivity contribution in [2.24, 2.45) is 5.41 Å². The second-order valence-corrected chi connectivity index (χ2v) is 9.23. The molecule has 2 aliphatic rings. The number of hydrogen-bond acceptors (Lipinski definition) is 4. The molecular weight excluding hydrogens is 378 g/mol. The minimum Gasteiger partial charge on any atom is -0.385 e. The van der Waals surface area contributed by atoms with Crippen LogP contribution in [0.25, 0.3) is 0 Å². The fourth-order valence-corrected chi connectivity index (χ4v) is 5.23. The van der Waals surface area contributed by atoms with Crippen LogP contribution in [0.3, 0.4) is 0 Å². The van der Waals surface area contributed by atoms with Gasteiger partial charge in [0.05, 0.1) is 0 Å². The summed E-state index contributed by atoms with van der Waals surface area (Å²) >= 11 is 0. The lowest BCUT2D eigenvalue weighted by atomic mass is 9.64. The van der Waals surface area contributed by atoms with Gasteiger partial charge in [0.2, 0.25) is 11.8 Å². The van der Waals surface area contributed by atoms with E-state index in [0.717, 1.165) is 38.6 Å². The highest BCUT2D eigenvalue weighted by molar-refractivity contribution is 5.81. The fourth-order valence-electron chi connectivity index (χ4n) is 5.23. The van der Waals surface area contributed by atoms with E-state index in [2.05, 4.69) is 54.6 Å². The summed E-state index contributed by atoms with van der Waals surface area (Å²) in [5.41, 5.74) is 1.49. The molecule has 6 nitrogen and oxygen atoms in total. The zero-order chi connectivity index (χ0) is 21.6. The molecule has 6 heteroatoms. The number of rotatable bonds is 9. The predicted octanol–water partition coefficient (Wildman–Crippen LogP) is 2.78. The van der Waals surface area contributed by atoms with Gasteiger partial charge in [-0.05, 0) is 57.2 Å². The number of likely N-dealkylation sites (tertiary alicyclic amines) is 1. The minimum atomic E-state index is 0.0131. The van der Waals surface area contributed by atoms with E-state index in [9.17, 15) is 9.59 Å². The van der Waals surface area contributed by atoms with E-state index in [1.807, 2.05) is 4.90 Å². The number of carbonyl (C=O) groups excluding carboxylic acids is 2. The fraction of sp³-hybridized carbons (Fsp3) is 0.667. The van der Waals surface area contributed by atoms with Crippen LogP contribution in [-0.4, -0.2) is 69.1 Å². The first-order chi connectivity index (χ1) is 14.4. The van der Waals surface area contributed by atoms with Crippen molar-refractivity contribution in [3.63, 3.8) is 0 Å². The molecule has 0 atom stereocenters. The summed E-state index contributed by atoms with van der Waals surface area (Å²) in [6.45, 7) is 2.58. The van der Waals surface area contributed by atoms with Gasteiger partial charge in [0.1, 0.15) is 0 Å². The van der Waals surface area contributed by atoms with Crippen LogP contribution in [0.4, 0.5) is 0 Å². The molecule has 0 aromatic heterocycles. The van der Waals surface area contributed by atoms with Crippen molar-refractivity contribution < 1.29 is 14.3 Å². The second kappa shape index (κ2) is 9.92. The Morgan fingerprint density at radius 2 is 1.87 bits per heavy atom. The van der Waals surface area contributed by atoms with Gasteiger partial charge < -0.3 is 15.0 Å². The summed E-state index contributed by atoms with van der Waals surface area (Å²) in [7, 11) is 6.00. The summed E-state index contributed by atoms with van der Waals surface area (Å²) in [5, 5.41) is 2.91. The van der Waals surface area contributed by atoms with Crippen molar-refractivity contribution in [1.29, 1.82) is 0 Å². The normalized spacial score (nSPS) is 26.5. The third-order valence-corrected chi connectivity index (χ3v) is 7.17. The van der Waals surface area contributed by atoms with Gasteiger partial charge in [-0.15, -0.1) is 0 Å². The first kappa shape index (κ1) is 22.8. The Labute approximate surface area is 180 Å². The first-order valence-corrected chi connectivity index (χ1v) is 11.2. The lowest BCUT2D eigenvalue weighted by Gasteiger charge is -2.48. The van der Waals surface area contributed by atoms with Crippen molar-refractivity contribution in [3.8, 4) is 0 Å². The highest BCUT2D eigenvalue weighted by Crippen LogP contribution is 2.52. The molecule has 2 fully saturated rings. The first-order valence-electron chi connectivity index (χ1n) is 11.2. The van der Waals surface area contributed by atoms with E-state index in [1.165, 1.54) is 5.56 Å². The molecule has 3 rings (SSSR count). The largest absolute Gasteiger partial charge is 0.385 e. The summed E-state index contributed by atoms with van der Waals surface area (Å²) in [6, 6.07) is 10.8. The lowest BCUT2D eigenvalue weighted by Crippen LogP contribution is -2.47. The lowest BCUT2D eigenvalue weighted by molar-refractivity contribution is -0.128. The van der Waals surface area contributed by atoms with Crippen LogP contribution in [0.15, 0.2) is 30.3 Å². The molecule has 1 aromatic carbocycles. The van der Waals surface area contributed by atoms with Crippen molar-refractivity contribution in [3.05, 3.63) is 35.9 Å². The van der Waals surface area contributed by atoms with Crippen molar-refractivity contribution in [2.75, 3.05) is 47.4 Å². The van der Waals surface area contributed by atoms with Gasteiger partial charge in [-0.1, -0.05) is 30.3 Å². The molecule has 0 unspecified atom stereocenters. The zero-order valence-electron chi connectivity index (χ0n) is 18.8. The van der Waals surface area contributed by atoms with Crippen LogP contribution in [0, 0.1) is 5.41 Å². The maximum Gasteiger partial charge on any atom is 0.223 e. The molecule has 1 saturated carbocycles. The number of nitrogens with zero attached hydrogens (tertiary/aromatic N) is 2. The van der Waals surface area contributed by atoms with Crippen LogP contribution in [0.5, 0.6) is 0 Å². The molecule has 1 spiro atoms. The quantitative estimate of drug-likeness (QED) is 0.630. The Hall–Kier alpha value is -1.92. The number of ether oxygens (including phenoxy) is 1. The standard InChI is InChI=1S/C24H37N3O3/c1-26(2)24(20-8-5-4-6-9-20)13-11-23(12-14-24)18-22(29)27(19-23)16-10-21(28)25-15-7-17-30-3/h4-6,8-9H,7,10-19H2,1-3H3,(H,25,28)/t23-,24-. The second-order valence-electron chi connectivity index (χ2n) is 9.23. The van der Waals surface area contributed by atoms with Crippen molar-refractivity contribution in [2.45, 2.75) is 50.5 Å². The molecule has 1 aliphatic carbocycles. The smallest absolute Gasteiger partial charge is 0.223 e. The van der Waals surface area contributed by atoms with Crippen LogP contribution in [0.1, 0.15) is 50.5 Å². The molecule has 30 heavy (non-hydrogen) atoms. The van der Waals surface area contributed by atoms with Gasteiger partial charge in [-0.25, -0.2) is 0 Å². The molecule has 166 valence electrons. The number of amides is 2. The van der Waals surface area contributed by atoms with Crippen LogP contribution >= 0.6 is 0 Å². The monoisotopic (exact) mass is 415 g/mol. The Bertz CT molecular complexity index is 712. The molecule has 2 amide bonds. The summed E-state index contributed by atoms with van der Waals surface area (Å²) < 4.78 is 4.99. The van der Waals surface area contributed by atoms with Gasteiger partial charge in [0.15, 0.2) is 0 Å². The molecule has 0 bridgehead atoms. The van der Waals surface area contributed by atoms with E-state index in [1.54, 1.807) is 7.11 Å². The Morgan fingerprint density at radius 3 is 2.50 bits per heavy atom. The number of methoxy groups -OCH3 is 1. The number of nitrogens with one attached hydrogen (secondary N) is 1. The van der Waals surface area contributed by atoms with E-state index in [-0.39, 0.29) is 22.8 Å². The average Bonchev–Trinajstić information content (AvgIpc) is 3.06. The van der Waals surface area contributed by atoms with E-state index >= 15 is 0 Å². The molecular formula is C24H37N3O3. The maximum absolute atomic E-state index is 12.7. The van der Waals surface area contributed by atoms with E-state index in [0.29, 0.717) is 32.5 Å². The third-order valence-electron chi connectivity index (χ3n) is 7.17. The molecule has 1 N–H and O–H groups in total. The average molecular weight is 416 g/mol. The van der Waals surface area contributed by atoms with Crippen LogP contribution in [0.2, 0.25) is 0 Å². The summed E-state index contributed by atoms with van der Waals surface area (Å²) in [4.78, 5) is 29.0. The number of carbonyl (C=O) groups is 2. The predicted molar refractivity (Wildman–Crippen MR) is 118 cm³/mol. The van der Waals surface area contributed by atoms with Gasteiger partial charge in [0, 0.05) is 51.7 Å². The highest BCUT2D eigenvalue weighted by Gasteiger charge is 2.50. The van der Waals surface area contributed by atoms with Crippen molar-refractivity contribution >= 4 is 11.8 Å². The summed E-state index contributed by atoms with van der Waals surface area (Å²) in [6.07, 6.45) is 6.03. The molecule has 1 aliphatic heterocycles. The summed E-state index contributed by atoms with van der Waals surface area (Å²) in [5.74, 6) is 0.221. The Morgan fingerprint density at radius 1 is 1.17 bits per heavy atom. The molecule has 1 saturated heterocycles. The van der Waals surface area contributed by atoms with Gasteiger partial charge in [-0.3, -0.25) is 14.5 Å². The van der Waals surface area contributed by atoms with E-state index in [4.69, 9.17) is 4.74 Å². The Balaban J connectivity index is 1.54. The molecule has 0 radical (unpaired) electrons. The molecule has 1 aromatic rings. The zero-order valence-corrected chi connectivity index (χ0v) is 18.8. The van der Waals surface area contributed by atoms with Gasteiger partial charge >= 0.3 is 0 Å². The van der Waals surface area contributed by atoms with Crippen LogP contribution in [-0.2, 0) is 19.9 Å². The molecule has 1 heterocycles.